The van der Waals surface area contributed by atoms with E-state index in [-0.39, 0.29) is 6.04 Å². The number of nitrogens with zero attached hydrogens (tertiary/aromatic N) is 3. The van der Waals surface area contributed by atoms with Crippen LogP contribution in [0, 0.1) is 0 Å². The van der Waals surface area contributed by atoms with E-state index >= 15 is 0 Å². The summed E-state index contributed by atoms with van der Waals surface area (Å²) in [5, 5.41) is 17.4. The molecule has 1 aliphatic heterocycles. The van der Waals surface area contributed by atoms with Crippen LogP contribution in [0.3, 0.4) is 0 Å². The van der Waals surface area contributed by atoms with Crippen molar-refractivity contribution in [3.63, 3.8) is 0 Å². The molecule has 6 nitrogen and oxygen atoms in total. The number of aliphatic carboxylic acids is 1. The normalized spacial score (nSPS) is 28.3. The summed E-state index contributed by atoms with van der Waals surface area (Å²) in [5.41, 5.74) is 3.15. The molecule has 16 heavy (non-hydrogen) atoms. The Bertz CT molecular complexity index is 443. The third-order valence-corrected chi connectivity index (χ3v) is 4.20. The van der Waals surface area contributed by atoms with Gasteiger partial charge in [0.15, 0.2) is 5.82 Å². The number of carboxylic acids is 1. The van der Waals surface area contributed by atoms with Crippen molar-refractivity contribution in [2.45, 2.75) is 42.1 Å². The van der Waals surface area contributed by atoms with E-state index in [4.69, 9.17) is 5.11 Å². The Kier molecular flexibility index (Phi) is 2.10. The van der Waals surface area contributed by atoms with E-state index in [2.05, 4.69) is 15.6 Å². The highest BCUT2D eigenvalue weighted by Crippen LogP contribution is 2.41. The Hall–Kier alpha value is -1.24. The van der Waals surface area contributed by atoms with Gasteiger partial charge < -0.3 is 10.5 Å². The summed E-state index contributed by atoms with van der Waals surface area (Å²) in [7, 11) is 0. The van der Waals surface area contributed by atoms with Crippen LogP contribution >= 0.6 is 11.8 Å². The Morgan fingerprint density at radius 1 is 1.56 bits per heavy atom. The largest absolute Gasteiger partial charge is 0.480 e. The molecule has 0 aromatic carbocycles. The Balaban J connectivity index is 1.92. The van der Waals surface area contributed by atoms with Crippen molar-refractivity contribution in [3.8, 4) is 0 Å². The predicted molar refractivity (Wildman–Crippen MR) is 58.1 cm³/mol. The fraction of sp³-hybridized carbons (Fsp3) is 0.667. The summed E-state index contributed by atoms with van der Waals surface area (Å²) in [6, 6.07) is -0.122. The second-order valence-corrected chi connectivity index (χ2v) is 5.35. The van der Waals surface area contributed by atoms with E-state index in [1.165, 1.54) is 11.8 Å². The first-order chi connectivity index (χ1) is 7.66. The number of hydrogen-bond acceptors (Lipinski definition) is 5. The van der Waals surface area contributed by atoms with Crippen LogP contribution < -0.4 is 5.43 Å². The number of thioether (sulfide) groups is 1. The van der Waals surface area contributed by atoms with Crippen LogP contribution in [-0.2, 0) is 4.79 Å². The van der Waals surface area contributed by atoms with Crippen LogP contribution in [0.1, 0.15) is 31.5 Å². The lowest BCUT2D eigenvalue weighted by atomic mass is 10.2. The summed E-state index contributed by atoms with van der Waals surface area (Å²) in [6.45, 7) is 1.87. The molecule has 1 saturated carbocycles. The number of carbonyl (C=O) groups is 1. The van der Waals surface area contributed by atoms with Gasteiger partial charge in [0.25, 0.3) is 0 Å². The lowest BCUT2D eigenvalue weighted by Crippen LogP contribution is -2.43. The average molecular weight is 240 g/mol. The molecule has 2 heterocycles. The monoisotopic (exact) mass is 240 g/mol. The lowest BCUT2D eigenvalue weighted by Gasteiger charge is -2.28. The zero-order chi connectivity index (χ0) is 11.3. The lowest BCUT2D eigenvalue weighted by molar-refractivity contribution is -0.136. The highest BCUT2D eigenvalue weighted by Gasteiger charge is 2.37. The van der Waals surface area contributed by atoms with Crippen LogP contribution in [0.15, 0.2) is 5.16 Å². The van der Waals surface area contributed by atoms with Gasteiger partial charge in [0, 0.05) is 5.92 Å². The number of aromatic nitrogens is 3. The fourth-order valence-electron chi connectivity index (χ4n) is 1.84. The van der Waals surface area contributed by atoms with Crippen LogP contribution in [0.2, 0.25) is 0 Å². The van der Waals surface area contributed by atoms with E-state index < -0.39 is 11.2 Å². The van der Waals surface area contributed by atoms with Crippen LogP contribution in [0.5, 0.6) is 0 Å². The molecule has 1 aromatic rings. The molecule has 0 radical (unpaired) electrons. The standard InChI is InChI=1S/C9H12N4O2S/c1-4-6(8(14)15)16-9-11-10-7(5-2-3-5)13(9)12-4/h4-6,12H,2-3H2,1H3,(H,14,15). The van der Waals surface area contributed by atoms with Crippen molar-refractivity contribution >= 4 is 17.7 Å². The zero-order valence-electron chi connectivity index (χ0n) is 8.75. The van der Waals surface area contributed by atoms with Gasteiger partial charge in [-0.15, -0.1) is 10.2 Å². The van der Waals surface area contributed by atoms with Gasteiger partial charge in [0.2, 0.25) is 5.16 Å². The number of fused-ring (bicyclic) bond motifs is 1. The predicted octanol–water partition coefficient (Wildman–Crippen LogP) is 0.646. The Morgan fingerprint density at radius 2 is 2.31 bits per heavy atom. The maximum atomic E-state index is 11.0. The van der Waals surface area contributed by atoms with E-state index in [9.17, 15) is 4.79 Å². The zero-order valence-corrected chi connectivity index (χ0v) is 9.57. The highest BCUT2D eigenvalue weighted by molar-refractivity contribution is 8.00. The summed E-state index contributed by atoms with van der Waals surface area (Å²) in [4.78, 5) is 11.0. The molecule has 86 valence electrons. The van der Waals surface area contributed by atoms with Crippen LogP contribution in [-0.4, -0.2) is 37.2 Å². The Labute approximate surface area is 96.4 Å². The van der Waals surface area contributed by atoms with E-state index in [0.717, 1.165) is 18.7 Å². The average Bonchev–Trinajstić information content (AvgIpc) is 2.99. The summed E-state index contributed by atoms with van der Waals surface area (Å²) >= 11 is 1.27. The molecular weight excluding hydrogens is 228 g/mol. The maximum Gasteiger partial charge on any atom is 0.319 e. The van der Waals surface area contributed by atoms with Gasteiger partial charge in [-0.2, -0.15) is 0 Å². The molecule has 1 aromatic heterocycles. The topological polar surface area (TPSA) is 80.0 Å². The number of carboxylic acid groups (broad SMARTS) is 1. The number of rotatable bonds is 2. The summed E-state index contributed by atoms with van der Waals surface area (Å²) in [5.74, 6) is 0.633. The first kappa shape index (κ1) is 9.95. The first-order valence-corrected chi connectivity index (χ1v) is 6.16. The molecule has 7 heteroatoms. The summed E-state index contributed by atoms with van der Waals surface area (Å²) in [6.07, 6.45) is 2.31. The first-order valence-electron chi connectivity index (χ1n) is 5.28. The van der Waals surface area contributed by atoms with Gasteiger partial charge in [0.05, 0.1) is 6.04 Å². The third-order valence-electron chi connectivity index (χ3n) is 2.86. The van der Waals surface area contributed by atoms with Crippen molar-refractivity contribution in [2.24, 2.45) is 0 Å². The minimum absolute atomic E-state index is 0.122. The fourth-order valence-corrected chi connectivity index (χ4v) is 2.77. The molecule has 0 bridgehead atoms. The van der Waals surface area contributed by atoms with Gasteiger partial charge >= 0.3 is 5.97 Å². The van der Waals surface area contributed by atoms with Crippen molar-refractivity contribution in [1.82, 2.24) is 14.9 Å². The Morgan fingerprint density at radius 3 is 2.94 bits per heavy atom. The second kappa shape index (κ2) is 3.38. The van der Waals surface area contributed by atoms with Gasteiger partial charge in [-0.25, -0.2) is 4.68 Å². The molecular formula is C9H12N4O2S. The quantitative estimate of drug-likeness (QED) is 0.790. The van der Waals surface area contributed by atoms with Crippen molar-refractivity contribution in [2.75, 3.05) is 5.43 Å². The van der Waals surface area contributed by atoms with Gasteiger partial charge in [-0.05, 0) is 19.8 Å². The molecule has 2 atom stereocenters. The van der Waals surface area contributed by atoms with Crippen molar-refractivity contribution in [3.05, 3.63) is 5.82 Å². The van der Waals surface area contributed by atoms with Gasteiger partial charge in [-0.3, -0.25) is 4.79 Å². The van der Waals surface area contributed by atoms with E-state index in [1.54, 1.807) is 0 Å². The summed E-state index contributed by atoms with van der Waals surface area (Å²) < 4.78 is 1.85. The molecule has 1 aliphatic carbocycles. The molecule has 2 aliphatic rings. The second-order valence-electron chi connectivity index (χ2n) is 4.24. The number of nitrogens with one attached hydrogen (secondary N) is 1. The number of hydrogen-bond donors (Lipinski definition) is 2. The van der Waals surface area contributed by atoms with Crippen molar-refractivity contribution < 1.29 is 9.90 Å². The molecule has 0 spiro atoms. The van der Waals surface area contributed by atoms with Gasteiger partial charge in [-0.1, -0.05) is 11.8 Å². The van der Waals surface area contributed by atoms with E-state index in [0.29, 0.717) is 11.1 Å². The minimum Gasteiger partial charge on any atom is -0.480 e. The highest BCUT2D eigenvalue weighted by atomic mass is 32.2. The maximum absolute atomic E-state index is 11.0. The van der Waals surface area contributed by atoms with Gasteiger partial charge in [0.1, 0.15) is 5.25 Å². The molecule has 1 fully saturated rings. The van der Waals surface area contributed by atoms with Crippen LogP contribution in [0.4, 0.5) is 0 Å². The minimum atomic E-state index is -0.813. The molecule has 2 N–H and O–H groups in total. The molecule has 0 saturated heterocycles. The molecule has 3 rings (SSSR count). The van der Waals surface area contributed by atoms with Crippen molar-refractivity contribution in [1.29, 1.82) is 0 Å². The molecule has 0 amide bonds. The van der Waals surface area contributed by atoms with Crippen LogP contribution in [0.25, 0.3) is 0 Å². The third kappa shape index (κ3) is 1.46. The molecule has 2 unspecified atom stereocenters. The van der Waals surface area contributed by atoms with E-state index in [1.807, 2.05) is 11.6 Å². The smallest absolute Gasteiger partial charge is 0.319 e. The SMILES string of the molecule is CC1Nn2c(nnc2C2CC2)SC1C(=O)O.